The summed E-state index contributed by atoms with van der Waals surface area (Å²) in [7, 11) is 0. The van der Waals surface area contributed by atoms with Crippen LogP contribution in [0.1, 0.15) is 11.1 Å². The lowest BCUT2D eigenvalue weighted by molar-refractivity contribution is -0.137. The predicted octanol–water partition coefficient (Wildman–Crippen LogP) is 2.32. The number of benzene rings is 1. The fraction of sp³-hybridized carbons (Fsp3) is 0.294. The van der Waals surface area contributed by atoms with Crippen LogP contribution in [0.25, 0.3) is 0 Å². The van der Waals surface area contributed by atoms with Crippen molar-refractivity contribution in [3.63, 3.8) is 0 Å². The number of alkyl halides is 3. The van der Waals surface area contributed by atoms with Crippen molar-refractivity contribution >= 4 is 11.8 Å². The van der Waals surface area contributed by atoms with Crippen molar-refractivity contribution in [1.82, 2.24) is 10.2 Å². The van der Waals surface area contributed by atoms with Gasteiger partial charge in [-0.2, -0.15) is 13.2 Å². The molecule has 1 N–H and O–H groups in total. The first-order valence-electron chi connectivity index (χ1n) is 7.36. The van der Waals surface area contributed by atoms with Crippen molar-refractivity contribution in [3.05, 3.63) is 60.2 Å². The van der Waals surface area contributed by atoms with E-state index in [1.165, 1.54) is 17.0 Å². The Hall–Kier alpha value is -2.57. The second-order valence-electron chi connectivity index (χ2n) is 5.30. The normalized spacial score (nSPS) is 17.0. The highest BCUT2D eigenvalue weighted by Crippen LogP contribution is 2.29. The number of rotatable bonds is 5. The van der Waals surface area contributed by atoms with Gasteiger partial charge in [0.1, 0.15) is 6.04 Å². The van der Waals surface area contributed by atoms with Crippen LogP contribution in [0.2, 0.25) is 0 Å². The monoisotopic (exact) mass is 338 g/mol. The van der Waals surface area contributed by atoms with E-state index in [4.69, 9.17) is 0 Å². The zero-order valence-electron chi connectivity index (χ0n) is 12.8. The van der Waals surface area contributed by atoms with Crippen LogP contribution in [0.15, 0.2) is 49.1 Å². The summed E-state index contributed by atoms with van der Waals surface area (Å²) in [5.41, 5.74) is -0.0192. The summed E-state index contributed by atoms with van der Waals surface area (Å²) in [5.74, 6) is -0.659. The van der Waals surface area contributed by atoms with Gasteiger partial charge in [-0.1, -0.05) is 30.9 Å². The van der Waals surface area contributed by atoms with Gasteiger partial charge in [0, 0.05) is 13.1 Å². The van der Waals surface area contributed by atoms with Crippen molar-refractivity contribution < 1.29 is 22.8 Å². The van der Waals surface area contributed by atoms with E-state index in [0.717, 1.165) is 18.2 Å². The summed E-state index contributed by atoms with van der Waals surface area (Å²) < 4.78 is 37.4. The highest BCUT2D eigenvalue weighted by atomic mass is 19.4. The number of amides is 2. The van der Waals surface area contributed by atoms with Crippen LogP contribution >= 0.6 is 0 Å². The van der Waals surface area contributed by atoms with Gasteiger partial charge in [0.25, 0.3) is 0 Å². The van der Waals surface area contributed by atoms with E-state index >= 15 is 0 Å². The van der Waals surface area contributed by atoms with Crippen molar-refractivity contribution in [3.8, 4) is 0 Å². The molecular weight excluding hydrogens is 321 g/mol. The highest BCUT2D eigenvalue weighted by Gasteiger charge is 2.30. The molecule has 0 aliphatic carbocycles. The van der Waals surface area contributed by atoms with Crippen LogP contribution in [0, 0.1) is 0 Å². The minimum Gasteiger partial charge on any atom is -0.354 e. The van der Waals surface area contributed by atoms with Gasteiger partial charge in [0.15, 0.2) is 0 Å². The Morgan fingerprint density at radius 3 is 2.54 bits per heavy atom. The van der Waals surface area contributed by atoms with Crippen LogP contribution in [-0.2, 0) is 22.2 Å². The van der Waals surface area contributed by atoms with E-state index in [2.05, 4.69) is 11.9 Å². The Balaban J connectivity index is 1.85. The van der Waals surface area contributed by atoms with Crippen molar-refractivity contribution in [2.24, 2.45) is 0 Å². The number of hydrogen-bond acceptors (Lipinski definition) is 2. The molecule has 1 aromatic rings. The maximum absolute atomic E-state index is 12.5. The van der Waals surface area contributed by atoms with Crippen LogP contribution < -0.4 is 5.32 Å². The number of hydrogen-bond donors (Lipinski definition) is 1. The largest absolute Gasteiger partial charge is 0.416 e. The molecule has 0 saturated heterocycles. The topological polar surface area (TPSA) is 49.4 Å². The van der Waals surface area contributed by atoms with Crippen molar-refractivity contribution in [2.45, 2.75) is 18.6 Å². The maximum atomic E-state index is 12.5. The van der Waals surface area contributed by atoms with Crippen LogP contribution in [0.4, 0.5) is 13.2 Å². The minimum atomic E-state index is -4.36. The smallest absolute Gasteiger partial charge is 0.354 e. The molecule has 1 aliphatic rings. The zero-order valence-corrected chi connectivity index (χ0v) is 12.8. The lowest BCUT2D eigenvalue weighted by Gasteiger charge is -2.22. The standard InChI is InChI=1S/C17H17F3N2O2/c1-2-15(23)22-11-3-4-14(22)16(24)21-10-9-12-5-7-13(8-6-12)17(18,19)20/h2-8,14H,1,9-11H2,(H,21,24)/t14-/m0/s1. The summed E-state index contributed by atoms with van der Waals surface area (Å²) >= 11 is 0. The molecular formula is C17H17F3N2O2. The molecule has 0 radical (unpaired) electrons. The van der Waals surface area contributed by atoms with E-state index in [0.29, 0.717) is 18.5 Å². The molecule has 1 heterocycles. The average molecular weight is 338 g/mol. The summed E-state index contributed by atoms with van der Waals surface area (Å²) in [6.45, 7) is 4.01. The Labute approximate surface area is 137 Å². The second kappa shape index (κ2) is 7.33. The van der Waals surface area contributed by atoms with Gasteiger partial charge >= 0.3 is 6.18 Å². The Bertz CT molecular complexity index is 651. The van der Waals surface area contributed by atoms with Gasteiger partial charge in [-0.25, -0.2) is 0 Å². The SMILES string of the molecule is C=CC(=O)N1CC=C[C@H]1C(=O)NCCc1ccc(C(F)(F)F)cc1. The van der Waals surface area contributed by atoms with Crippen molar-refractivity contribution in [2.75, 3.05) is 13.1 Å². The first kappa shape index (κ1) is 17.8. The van der Waals surface area contributed by atoms with Gasteiger partial charge in [0.05, 0.1) is 5.56 Å². The van der Waals surface area contributed by atoms with Gasteiger partial charge in [0.2, 0.25) is 11.8 Å². The fourth-order valence-corrected chi connectivity index (χ4v) is 2.39. The maximum Gasteiger partial charge on any atom is 0.416 e. The first-order chi connectivity index (χ1) is 11.3. The molecule has 128 valence electrons. The summed E-state index contributed by atoms with van der Waals surface area (Å²) in [6, 6.07) is 4.13. The third kappa shape index (κ3) is 4.24. The van der Waals surface area contributed by atoms with Crippen LogP contribution in [-0.4, -0.2) is 35.8 Å². The van der Waals surface area contributed by atoms with E-state index in [1.807, 2.05) is 0 Å². The van der Waals surface area contributed by atoms with E-state index in [1.54, 1.807) is 12.2 Å². The number of nitrogens with one attached hydrogen (secondary N) is 1. The molecule has 24 heavy (non-hydrogen) atoms. The summed E-state index contributed by atoms with van der Waals surface area (Å²) in [5, 5.41) is 2.69. The zero-order chi connectivity index (χ0) is 17.7. The average Bonchev–Trinajstić information content (AvgIpc) is 3.03. The molecule has 0 fully saturated rings. The molecule has 7 heteroatoms. The van der Waals surface area contributed by atoms with E-state index in [-0.39, 0.29) is 18.4 Å². The summed E-state index contributed by atoms with van der Waals surface area (Å²) in [4.78, 5) is 25.1. The third-order valence-corrected chi connectivity index (χ3v) is 3.68. The number of nitrogens with zero attached hydrogens (tertiary/aromatic N) is 1. The van der Waals surface area contributed by atoms with Gasteiger partial charge in [-0.05, 0) is 30.2 Å². The molecule has 1 aromatic carbocycles. The van der Waals surface area contributed by atoms with Gasteiger partial charge in [-0.15, -0.1) is 0 Å². The molecule has 0 saturated carbocycles. The summed E-state index contributed by atoms with van der Waals surface area (Å²) in [6.07, 6.45) is 0.546. The van der Waals surface area contributed by atoms with Crippen LogP contribution in [0.3, 0.4) is 0 Å². The Morgan fingerprint density at radius 1 is 1.29 bits per heavy atom. The number of halogens is 3. The molecule has 2 rings (SSSR count). The number of carbonyl (C=O) groups excluding carboxylic acids is 2. The molecule has 1 atom stereocenters. The lowest BCUT2D eigenvalue weighted by atomic mass is 10.1. The Kier molecular flexibility index (Phi) is 5.43. The lowest BCUT2D eigenvalue weighted by Crippen LogP contribution is -2.46. The Morgan fingerprint density at radius 2 is 1.96 bits per heavy atom. The third-order valence-electron chi connectivity index (χ3n) is 3.68. The molecule has 0 unspecified atom stereocenters. The first-order valence-corrected chi connectivity index (χ1v) is 7.36. The molecule has 1 aliphatic heterocycles. The van der Waals surface area contributed by atoms with E-state index < -0.39 is 17.8 Å². The predicted molar refractivity (Wildman–Crippen MR) is 83.0 cm³/mol. The molecule has 4 nitrogen and oxygen atoms in total. The highest BCUT2D eigenvalue weighted by molar-refractivity contribution is 5.94. The molecule has 0 spiro atoms. The fourth-order valence-electron chi connectivity index (χ4n) is 2.39. The second-order valence-corrected chi connectivity index (χ2v) is 5.30. The molecule has 0 aromatic heterocycles. The number of carbonyl (C=O) groups is 2. The molecule has 2 amide bonds. The van der Waals surface area contributed by atoms with Gasteiger partial charge < -0.3 is 10.2 Å². The molecule has 0 bridgehead atoms. The van der Waals surface area contributed by atoms with Gasteiger partial charge in [-0.3, -0.25) is 9.59 Å². The van der Waals surface area contributed by atoms with Crippen molar-refractivity contribution in [1.29, 1.82) is 0 Å². The quantitative estimate of drug-likeness (QED) is 0.662. The van der Waals surface area contributed by atoms with E-state index in [9.17, 15) is 22.8 Å². The minimum absolute atomic E-state index is 0.269. The van der Waals surface area contributed by atoms with Crippen LogP contribution in [0.5, 0.6) is 0 Å².